The summed E-state index contributed by atoms with van der Waals surface area (Å²) < 4.78 is 0. The molecule has 0 unspecified atom stereocenters. The van der Waals surface area contributed by atoms with E-state index in [1.165, 1.54) is 0 Å². The predicted octanol–water partition coefficient (Wildman–Crippen LogP) is 0.777. The maximum absolute atomic E-state index is 11.5. The number of anilines is 2. The third-order valence-corrected chi connectivity index (χ3v) is 2.61. The summed E-state index contributed by atoms with van der Waals surface area (Å²) in [6.45, 7) is 0.0617. The molecular weight excluding hydrogens is 250 g/mol. The lowest BCUT2D eigenvalue weighted by atomic mass is 10.1. The molecule has 0 spiro atoms. The number of benzene rings is 1. The van der Waals surface area contributed by atoms with Crippen molar-refractivity contribution in [2.75, 3.05) is 17.2 Å². The lowest BCUT2D eigenvalue weighted by Gasteiger charge is -2.07. The Morgan fingerprint density at radius 2 is 2.16 bits per heavy atom. The average Bonchev–Trinajstić information content (AvgIpc) is 2.67. The molecule has 4 N–H and O–H groups in total. The van der Waals surface area contributed by atoms with E-state index >= 15 is 0 Å². The Kier molecular flexibility index (Phi) is 3.65. The summed E-state index contributed by atoms with van der Waals surface area (Å²) in [4.78, 5) is 32.9. The van der Waals surface area contributed by atoms with Crippen molar-refractivity contribution in [3.05, 3.63) is 23.8 Å². The zero-order chi connectivity index (χ0) is 13.8. The highest BCUT2D eigenvalue weighted by atomic mass is 16.4. The first-order valence-electron chi connectivity index (χ1n) is 5.74. The van der Waals surface area contributed by atoms with E-state index < -0.39 is 12.0 Å². The van der Waals surface area contributed by atoms with Gasteiger partial charge in [0.2, 0.25) is 5.91 Å². The summed E-state index contributed by atoms with van der Waals surface area (Å²) in [5, 5.41) is 16.1. The number of carbonyl (C=O) groups excluding carboxylic acids is 2. The molecule has 0 saturated carbocycles. The fraction of sp³-hybridized carbons (Fsp3) is 0.250. The van der Waals surface area contributed by atoms with Crippen LogP contribution >= 0.6 is 0 Å². The van der Waals surface area contributed by atoms with Crippen LogP contribution in [0.15, 0.2) is 18.2 Å². The summed E-state index contributed by atoms with van der Waals surface area (Å²) in [5.41, 5.74) is 2.14. The van der Waals surface area contributed by atoms with Gasteiger partial charge >= 0.3 is 12.0 Å². The van der Waals surface area contributed by atoms with E-state index in [-0.39, 0.29) is 18.9 Å². The molecule has 1 aromatic carbocycles. The molecule has 0 saturated heterocycles. The van der Waals surface area contributed by atoms with Crippen molar-refractivity contribution < 1.29 is 19.5 Å². The summed E-state index contributed by atoms with van der Waals surface area (Å²) in [6.07, 6.45) is 0.168. The lowest BCUT2D eigenvalue weighted by molar-refractivity contribution is -0.136. The van der Waals surface area contributed by atoms with E-state index in [1.807, 2.05) is 0 Å². The van der Waals surface area contributed by atoms with Gasteiger partial charge in [-0.3, -0.25) is 9.59 Å². The molecule has 7 nitrogen and oxygen atoms in total. The van der Waals surface area contributed by atoms with Gasteiger partial charge in [0.05, 0.1) is 12.8 Å². The third-order valence-electron chi connectivity index (χ3n) is 2.61. The van der Waals surface area contributed by atoms with Crippen LogP contribution in [-0.4, -0.2) is 29.6 Å². The quantitative estimate of drug-likeness (QED) is 0.643. The van der Waals surface area contributed by atoms with E-state index in [4.69, 9.17) is 5.11 Å². The van der Waals surface area contributed by atoms with Crippen LogP contribution in [0.2, 0.25) is 0 Å². The number of nitrogens with one attached hydrogen (secondary N) is 3. The summed E-state index contributed by atoms with van der Waals surface area (Å²) in [6, 6.07) is 4.62. The van der Waals surface area contributed by atoms with Crippen LogP contribution in [-0.2, 0) is 16.0 Å². The van der Waals surface area contributed by atoms with Crippen LogP contribution in [0, 0.1) is 0 Å². The molecule has 0 atom stereocenters. The van der Waals surface area contributed by atoms with Crippen molar-refractivity contribution in [2.24, 2.45) is 0 Å². The lowest BCUT2D eigenvalue weighted by Crippen LogP contribution is -2.30. The van der Waals surface area contributed by atoms with Crippen molar-refractivity contribution in [2.45, 2.75) is 12.8 Å². The first-order valence-corrected chi connectivity index (χ1v) is 5.74. The number of urea groups is 1. The fourth-order valence-electron chi connectivity index (χ4n) is 1.77. The first-order chi connectivity index (χ1) is 9.04. The van der Waals surface area contributed by atoms with Gasteiger partial charge in [0, 0.05) is 17.9 Å². The molecule has 19 heavy (non-hydrogen) atoms. The number of fused-ring (bicyclic) bond motifs is 1. The number of amides is 3. The van der Waals surface area contributed by atoms with Gasteiger partial charge in [0.1, 0.15) is 0 Å². The molecule has 0 fully saturated rings. The van der Waals surface area contributed by atoms with Crippen molar-refractivity contribution in [1.82, 2.24) is 5.32 Å². The van der Waals surface area contributed by atoms with Gasteiger partial charge in [-0.25, -0.2) is 4.79 Å². The Morgan fingerprint density at radius 1 is 1.37 bits per heavy atom. The van der Waals surface area contributed by atoms with Crippen molar-refractivity contribution >= 4 is 29.3 Å². The van der Waals surface area contributed by atoms with Crippen LogP contribution in [0.5, 0.6) is 0 Å². The zero-order valence-electron chi connectivity index (χ0n) is 10.0. The van der Waals surface area contributed by atoms with Crippen LogP contribution < -0.4 is 16.0 Å². The Labute approximate surface area is 109 Å². The highest BCUT2D eigenvalue weighted by Gasteiger charge is 2.17. The van der Waals surface area contributed by atoms with Crippen LogP contribution in [0.25, 0.3) is 0 Å². The van der Waals surface area contributed by atoms with Crippen molar-refractivity contribution in [3.63, 3.8) is 0 Å². The maximum Gasteiger partial charge on any atom is 0.319 e. The third kappa shape index (κ3) is 3.44. The van der Waals surface area contributed by atoms with E-state index in [2.05, 4.69) is 16.0 Å². The van der Waals surface area contributed by atoms with Crippen LogP contribution in [0.3, 0.4) is 0 Å². The summed E-state index contributed by atoms with van der Waals surface area (Å²) in [5.74, 6) is -1.04. The van der Waals surface area contributed by atoms with Gasteiger partial charge in [-0.2, -0.15) is 0 Å². The Hall–Kier alpha value is -2.57. The topological polar surface area (TPSA) is 108 Å². The monoisotopic (exact) mass is 263 g/mol. The summed E-state index contributed by atoms with van der Waals surface area (Å²) in [7, 11) is 0. The van der Waals surface area contributed by atoms with Crippen LogP contribution in [0.4, 0.5) is 16.2 Å². The molecule has 0 bridgehead atoms. The number of hydrogen-bond acceptors (Lipinski definition) is 3. The van der Waals surface area contributed by atoms with Gasteiger partial charge < -0.3 is 21.1 Å². The number of rotatable bonds is 4. The Balaban J connectivity index is 1.89. The van der Waals surface area contributed by atoms with Gasteiger partial charge in [-0.05, 0) is 23.8 Å². The number of carbonyl (C=O) groups is 3. The molecule has 100 valence electrons. The minimum absolute atomic E-state index is 0.0617. The Bertz CT molecular complexity index is 542. The normalized spacial score (nSPS) is 12.5. The number of carboxylic acid groups (broad SMARTS) is 1. The number of aliphatic carboxylic acids is 1. The molecular formula is C12H13N3O4. The van der Waals surface area contributed by atoms with Gasteiger partial charge in [0.15, 0.2) is 0 Å². The molecule has 3 amide bonds. The SMILES string of the molecule is O=C(O)CCNC(=O)Nc1ccc2c(c1)CC(=O)N2. The summed E-state index contributed by atoms with van der Waals surface area (Å²) >= 11 is 0. The maximum atomic E-state index is 11.5. The number of carboxylic acids is 1. The molecule has 0 aromatic heterocycles. The predicted molar refractivity (Wildman–Crippen MR) is 68.0 cm³/mol. The van der Waals surface area contributed by atoms with E-state index in [9.17, 15) is 14.4 Å². The average molecular weight is 263 g/mol. The minimum atomic E-state index is -0.970. The first kappa shape index (κ1) is 12.9. The molecule has 0 aliphatic carbocycles. The van der Waals surface area contributed by atoms with E-state index in [0.717, 1.165) is 11.3 Å². The minimum Gasteiger partial charge on any atom is -0.481 e. The zero-order valence-corrected chi connectivity index (χ0v) is 10.0. The standard InChI is InChI=1S/C12H13N3O4/c16-10-6-7-5-8(1-2-9(7)15-10)14-12(19)13-4-3-11(17)18/h1-2,5H,3-4,6H2,(H,15,16)(H,17,18)(H2,13,14,19). The van der Waals surface area contributed by atoms with Crippen molar-refractivity contribution in [3.8, 4) is 0 Å². The van der Waals surface area contributed by atoms with Gasteiger partial charge in [0.25, 0.3) is 0 Å². The van der Waals surface area contributed by atoms with E-state index in [0.29, 0.717) is 12.1 Å². The smallest absolute Gasteiger partial charge is 0.319 e. The highest BCUT2D eigenvalue weighted by molar-refractivity contribution is 6.00. The Morgan fingerprint density at radius 3 is 2.89 bits per heavy atom. The second kappa shape index (κ2) is 5.38. The largest absolute Gasteiger partial charge is 0.481 e. The molecule has 7 heteroatoms. The molecule has 1 aromatic rings. The fourth-order valence-corrected chi connectivity index (χ4v) is 1.77. The number of hydrogen-bond donors (Lipinski definition) is 4. The van der Waals surface area contributed by atoms with Crippen LogP contribution in [0.1, 0.15) is 12.0 Å². The molecule has 0 radical (unpaired) electrons. The molecule has 1 heterocycles. The second-order valence-electron chi connectivity index (χ2n) is 4.12. The molecule has 1 aliphatic heterocycles. The van der Waals surface area contributed by atoms with E-state index in [1.54, 1.807) is 18.2 Å². The molecule has 1 aliphatic rings. The van der Waals surface area contributed by atoms with Gasteiger partial charge in [-0.1, -0.05) is 0 Å². The van der Waals surface area contributed by atoms with Gasteiger partial charge in [-0.15, -0.1) is 0 Å². The highest BCUT2D eigenvalue weighted by Crippen LogP contribution is 2.25. The van der Waals surface area contributed by atoms with Crippen molar-refractivity contribution in [1.29, 1.82) is 0 Å². The molecule has 2 rings (SSSR count). The second-order valence-corrected chi connectivity index (χ2v) is 4.12.